The lowest BCUT2D eigenvalue weighted by atomic mass is 9.97. The standard InChI is InChI=1S/C12H19NO2.ClH/c1-8(2)3-6-11(13)10-5-4-9(14)7-12(10)15;/h4-5,7-8,11,14-15H,3,6,13H2,1-2H3;1H/t11-;/m0./s1. The fraction of sp³-hybridized carbons (Fsp3) is 0.500. The van der Waals surface area contributed by atoms with E-state index < -0.39 is 0 Å². The van der Waals surface area contributed by atoms with Crippen molar-refractivity contribution in [3.63, 3.8) is 0 Å². The van der Waals surface area contributed by atoms with Crippen LogP contribution >= 0.6 is 12.4 Å². The highest BCUT2D eigenvalue weighted by atomic mass is 35.5. The molecule has 0 fully saturated rings. The van der Waals surface area contributed by atoms with Gasteiger partial charge in [0.15, 0.2) is 0 Å². The van der Waals surface area contributed by atoms with Gasteiger partial charge in [-0.2, -0.15) is 0 Å². The normalized spacial score (nSPS) is 12.2. The van der Waals surface area contributed by atoms with Gasteiger partial charge in [0.05, 0.1) is 0 Å². The highest BCUT2D eigenvalue weighted by Crippen LogP contribution is 2.29. The average Bonchev–Trinajstić information content (AvgIpc) is 2.14. The van der Waals surface area contributed by atoms with Crippen LogP contribution in [0.25, 0.3) is 0 Å². The molecule has 0 aliphatic rings. The van der Waals surface area contributed by atoms with Gasteiger partial charge in [0.25, 0.3) is 0 Å². The molecule has 0 saturated heterocycles. The Balaban J connectivity index is 0.00000225. The number of rotatable bonds is 4. The number of aromatic hydroxyl groups is 2. The lowest BCUT2D eigenvalue weighted by Gasteiger charge is -2.14. The zero-order valence-corrected chi connectivity index (χ0v) is 10.5. The van der Waals surface area contributed by atoms with Gasteiger partial charge in [-0.05, 0) is 24.8 Å². The molecule has 0 aliphatic heterocycles. The minimum absolute atomic E-state index is 0. The molecule has 4 N–H and O–H groups in total. The van der Waals surface area contributed by atoms with Crippen molar-refractivity contribution < 1.29 is 10.2 Å². The van der Waals surface area contributed by atoms with Crippen molar-refractivity contribution >= 4 is 12.4 Å². The van der Waals surface area contributed by atoms with Gasteiger partial charge < -0.3 is 15.9 Å². The summed E-state index contributed by atoms with van der Waals surface area (Å²) in [5.41, 5.74) is 6.65. The first kappa shape index (κ1) is 15.1. The van der Waals surface area contributed by atoms with E-state index in [4.69, 9.17) is 10.8 Å². The molecule has 0 aromatic heterocycles. The quantitative estimate of drug-likeness (QED) is 0.764. The number of halogens is 1. The summed E-state index contributed by atoms with van der Waals surface area (Å²) >= 11 is 0. The van der Waals surface area contributed by atoms with Crippen LogP contribution < -0.4 is 5.73 Å². The van der Waals surface area contributed by atoms with Crippen molar-refractivity contribution in [3.8, 4) is 11.5 Å². The van der Waals surface area contributed by atoms with Gasteiger partial charge in [-0.3, -0.25) is 0 Å². The second-order valence-electron chi connectivity index (χ2n) is 4.32. The minimum Gasteiger partial charge on any atom is -0.508 e. The van der Waals surface area contributed by atoms with E-state index in [1.165, 1.54) is 6.07 Å². The zero-order chi connectivity index (χ0) is 11.4. The SMILES string of the molecule is CC(C)CC[C@H](N)c1ccc(O)cc1O.Cl. The number of hydrogen-bond acceptors (Lipinski definition) is 3. The molecular formula is C12H20ClNO2. The van der Waals surface area contributed by atoms with Crippen molar-refractivity contribution in [2.75, 3.05) is 0 Å². The molecule has 92 valence electrons. The molecule has 16 heavy (non-hydrogen) atoms. The first-order valence-corrected chi connectivity index (χ1v) is 5.28. The van der Waals surface area contributed by atoms with Crippen molar-refractivity contribution in [3.05, 3.63) is 23.8 Å². The Kier molecular flexibility index (Phi) is 6.22. The van der Waals surface area contributed by atoms with Crippen LogP contribution in [0, 0.1) is 5.92 Å². The molecular weight excluding hydrogens is 226 g/mol. The highest BCUT2D eigenvalue weighted by molar-refractivity contribution is 5.85. The molecule has 0 bridgehead atoms. The number of benzene rings is 1. The third kappa shape index (κ3) is 4.29. The van der Waals surface area contributed by atoms with Crippen LogP contribution in [0.4, 0.5) is 0 Å². The van der Waals surface area contributed by atoms with Gasteiger partial charge in [-0.25, -0.2) is 0 Å². The fourth-order valence-corrected chi connectivity index (χ4v) is 1.51. The van der Waals surface area contributed by atoms with Crippen LogP contribution in [0.2, 0.25) is 0 Å². The molecule has 1 aromatic rings. The Hall–Kier alpha value is -0.930. The second-order valence-corrected chi connectivity index (χ2v) is 4.32. The van der Waals surface area contributed by atoms with E-state index >= 15 is 0 Å². The first-order chi connectivity index (χ1) is 7.00. The van der Waals surface area contributed by atoms with Gasteiger partial charge >= 0.3 is 0 Å². The topological polar surface area (TPSA) is 66.5 Å². The van der Waals surface area contributed by atoms with Gasteiger partial charge in [0.2, 0.25) is 0 Å². The van der Waals surface area contributed by atoms with Gasteiger partial charge in [-0.15, -0.1) is 12.4 Å². The van der Waals surface area contributed by atoms with E-state index in [1.54, 1.807) is 12.1 Å². The van der Waals surface area contributed by atoms with E-state index in [-0.39, 0.29) is 29.9 Å². The molecule has 0 amide bonds. The zero-order valence-electron chi connectivity index (χ0n) is 9.68. The summed E-state index contributed by atoms with van der Waals surface area (Å²) in [4.78, 5) is 0. The van der Waals surface area contributed by atoms with Crippen LogP contribution in [0.15, 0.2) is 18.2 Å². The Labute approximate surface area is 103 Å². The number of nitrogens with two attached hydrogens (primary N) is 1. The lowest BCUT2D eigenvalue weighted by molar-refractivity contribution is 0.434. The highest BCUT2D eigenvalue weighted by Gasteiger charge is 2.11. The molecule has 0 saturated carbocycles. The summed E-state index contributed by atoms with van der Waals surface area (Å²) in [6, 6.07) is 4.39. The monoisotopic (exact) mass is 245 g/mol. The van der Waals surface area contributed by atoms with Gasteiger partial charge in [-0.1, -0.05) is 19.9 Å². The molecule has 3 nitrogen and oxygen atoms in total. The first-order valence-electron chi connectivity index (χ1n) is 5.28. The Morgan fingerprint density at radius 3 is 2.31 bits per heavy atom. The van der Waals surface area contributed by atoms with E-state index in [9.17, 15) is 5.11 Å². The summed E-state index contributed by atoms with van der Waals surface area (Å²) in [5, 5.41) is 18.7. The molecule has 0 spiro atoms. The van der Waals surface area contributed by atoms with Crippen molar-refractivity contribution in [1.82, 2.24) is 0 Å². The summed E-state index contributed by atoms with van der Waals surface area (Å²) in [6.45, 7) is 4.28. The largest absolute Gasteiger partial charge is 0.508 e. The fourth-order valence-electron chi connectivity index (χ4n) is 1.51. The summed E-state index contributed by atoms with van der Waals surface area (Å²) < 4.78 is 0. The number of hydrogen-bond donors (Lipinski definition) is 3. The van der Waals surface area contributed by atoms with Crippen LogP contribution in [-0.2, 0) is 0 Å². The number of phenols is 2. The van der Waals surface area contributed by atoms with Crippen molar-refractivity contribution in [1.29, 1.82) is 0 Å². The van der Waals surface area contributed by atoms with E-state index in [0.29, 0.717) is 11.5 Å². The number of phenolic OH excluding ortho intramolecular Hbond substituents is 2. The molecule has 0 unspecified atom stereocenters. The molecule has 1 atom stereocenters. The maximum atomic E-state index is 9.59. The molecule has 4 heteroatoms. The van der Waals surface area contributed by atoms with Gasteiger partial charge in [0, 0.05) is 17.7 Å². The predicted octanol–water partition coefficient (Wildman–Crippen LogP) is 2.96. The Bertz CT molecular complexity index is 329. The Morgan fingerprint density at radius 1 is 1.19 bits per heavy atom. The van der Waals surface area contributed by atoms with Crippen LogP contribution in [0.3, 0.4) is 0 Å². The Morgan fingerprint density at radius 2 is 1.81 bits per heavy atom. The lowest BCUT2D eigenvalue weighted by Crippen LogP contribution is -2.11. The second kappa shape index (κ2) is 6.61. The minimum atomic E-state index is -0.159. The van der Waals surface area contributed by atoms with E-state index in [2.05, 4.69) is 13.8 Å². The summed E-state index contributed by atoms with van der Waals surface area (Å²) in [7, 11) is 0. The van der Waals surface area contributed by atoms with E-state index in [1.807, 2.05) is 0 Å². The smallest absolute Gasteiger partial charge is 0.124 e. The van der Waals surface area contributed by atoms with Gasteiger partial charge in [0.1, 0.15) is 11.5 Å². The van der Waals surface area contributed by atoms with Crippen LogP contribution in [0.5, 0.6) is 11.5 Å². The van der Waals surface area contributed by atoms with Crippen molar-refractivity contribution in [2.24, 2.45) is 11.7 Å². The van der Waals surface area contributed by atoms with Crippen LogP contribution in [0.1, 0.15) is 38.3 Å². The van der Waals surface area contributed by atoms with Crippen molar-refractivity contribution in [2.45, 2.75) is 32.7 Å². The van der Waals surface area contributed by atoms with E-state index in [0.717, 1.165) is 12.8 Å². The average molecular weight is 246 g/mol. The molecule has 0 heterocycles. The molecule has 0 aliphatic carbocycles. The summed E-state index contributed by atoms with van der Waals surface area (Å²) in [6.07, 6.45) is 1.87. The van der Waals surface area contributed by atoms with Crippen LogP contribution in [-0.4, -0.2) is 10.2 Å². The summed E-state index contributed by atoms with van der Waals surface area (Å²) in [5.74, 6) is 0.744. The third-order valence-corrected chi connectivity index (χ3v) is 2.47. The predicted molar refractivity (Wildman–Crippen MR) is 68.0 cm³/mol. The third-order valence-electron chi connectivity index (χ3n) is 2.47. The maximum absolute atomic E-state index is 9.59. The molecule has 1 rings (SSSR count). The molecule has 1 aromatic carbocycles. The molecule has 0 radical (unpaired) electrons. The maximum Gasteiger partial charge on any atom is 0.124 e.